The quantitative estimate of drug-likeness (QED) is 0.359. The molecule has 3 N–H and O–H groups in total. The third-order valence-electron chi connectivity index (χ3n) is 7.32. The standard InChI is InChI=1S/C26H33N3O7S2/c1-37(31,32)23-4-2-3-22(14-23)35-18-21(30)16-28-20-15-26(36-17-20)8-11-29(12-9-26)38(33,34)24-5-6-25-19(13-24)7-10-27-25/h2-7,10,13-14,20-21,27-28,30H,8-9,11-12,15-18H2,1H3/t20?,21-/m0/s1. The van der Waals surface area contributed by atoms with Gasteiger partial charge in [0.25, 0.3) is 0 Å². The van der Waals surface area contributed by atoms with Gasteiger partial charge in [0, 0.05) is 49.0 Å². The zero-order valence-corrected chi connectivity index (χ0v) is 22.8. The number of aromatic nitrogens is 1. The fourth-order valence-electron chi connectivity index (χ4n) is 5.15. The van der Waals surface area contributed by atoms with Gasteiger partial charge in [-0.25, -0.2) is 16.8 Å². The molecule has 5 rings (SSSR count). The Morgan fingerprint density at radius 2 is 1.92 bits per heavy atom. The summed E-state index contributed by atoms with van der Waals surface area (Å²) in [5, 5.41) is 14.5. The molecule has 2 aromatic carbocycles. The fourth-order valence-corrected chi connectivity index (χ4v) is 7.28. The van der Waals surface area contributed by atoms with Gasteiger partial charge in [0.15, 0.2) is 9.84 Å². The van der Waals surface area contributed by atoms with Crippen LogP contribution >= 0.6 is 0 Å². The lowest BCUT2D eigenvalue weighted by molar-refractivity contribution is -0.0312. The van der Waals surface area contributed by atoms with Crippen LogP contribution in [-0.2, 0) is 24.6 Å². The Bertz CT molecular complexity index is 1500. The molecule has 1 aromatic heterocycles. The highest BCUT2D eigenvalue weighted by atomic mass is 32.2. The number of aliphatic hydroxyl groups is 1. The molecule has 0 aliphatic carbocycles. The van der Waals surface area contributed by atoms with Gasteiger partial charge in [-0.05, 0) is 61.7 Å². The van der Waals surface area contributed by atoms with Gasteiger partial charge in [-0.3, -0.25) is 0 Å². The molecule has 2 fully saturated rings. The summed E-state index contributed by atoms with van der Waals surface area (Å²) in [5.74, 6) is 0.379. The normalized spacial score (nSPS) is 21.2. The first-order chi connectivity index (χ1) is 18.0. The summed E-state index contributed by atoms with van der Waals surface area (Å²) in [4.78, 5) is 3.54. The molecular weight excluding hydrogens is 530 g/mol. The molecule has 10 nitrogen and oxygen atoms in total. The van der Waals surface area contributed by atoms with E-state index in [-0.39, 0.29) is 29.7 Å². The average molecular weight is 564 g/mol. The minimum Gasteiger partial charge on any atom is -0.491 e. The number of aliphatic hydroxyl groups excluding tert-OH is 1. The van der Waals surface area contributed by atoms with Crippen molar-refractivity contribution in [3.63, 3.8) is 0 Å². The predicted octanol–water partition coefficient (Wildman–Crippen LogP) is 1.91. The third kappa shape index (κ3) is 5.90. The van der Waals surface area contributed by atoms with Crippen LogP contribution in [0.3, 0.4) is 0 Å². The maximum atomic E-state index is 13.2. The van der Waals surface area contributed by atoms with Gasteiger partial charge >= 0.3 is 0 Å². The first kappa shape index (κ1) is 27.1. The molecule has 2 aliphatic heterocycles. The van der Waals surface area contributed by atoms with Crippen molar-refractivity contribution in [1.29, 1.82) is 0 Å². The minimum atomic E-state index is -3.58. The number of hydrogen-bond acceptors (Lipinski definition) is 8. The maximum Gasteiger partial charge on any atom is 0.243 e. The molecule has 2 atom stereocenters. The lowest BCUT2D eigenvalue weighted by Crippen LogP contribution is -2.47. The highest BCUT2D eigenvalue weighted by molar-refractivity contribution is 7.90. The van der Waals surface area contributed by atoms with Crippen molar-refractivity contribution in [2.45, 2.75) is 46.8 Å². The van der Waals surface area contributed by atoms with E-state index >= 15 is 0 Å². The van der Waals surface area contributed by atoms with Crippen LogP contribution in [0, 0.1) is 0 Å². The summed E-state index contributed by atoms with van der Waals surface area (Å²) in [7, 11) is -6.92. The number of rotatable bonds is 9. The molecule has 12 heteroatoms. The molecule has 0 amide bonds. The number of piperidine rings is 1. The summed E-state index contributed by atoms with van der Waals surface area (Å²) < 4.78 is 63.1. The van der Waals surface area contributed by atoms with Gasteiger partial charge in [-0.2, -0.15) is 4.31 Å². The monoisotopic (exact) mass is 563 g/mol. The first-order valence-corrected chi connectivity index (χ1v) is 15.9. The van der Waals surface area contributed by atoms with Crippen LogP contribution in [0.15, 0.2) is 64.5 Å². The van der Waals surface area contributed by atoms with Crippen LogP contribution in [0.5, 0.6) is 5.75 Å². The van der Waals surface area contributed by atoms with E-state index < -0.39 is 26.0 Å². The van der Waals surface area contributed by atoms with Gasteiger partial charge in [-0.15, -0.1) is 0 Å². The smallest absolute Gasteiger partial charge is 0.243 e. The number of nitrogens with one attached hydrogen (secondary N) is 2. The number of nitrogens with zero attached hydrogens (tertiary/aromatic N) is 1. The van der Waals surface area contributed by atoms with Crippen molar-refractivity contribution < 1.29 is 31.4 Å². The van der Waals surface area contributed by atoms with Gasteiger partial charge in [-0.1, -0.05) is 6.07 Å². The second-order valence-corrected chi connectivity index (χ2v) is 14.1. The van der Waals surface area contributed by atoms with Crippen molar-refractivity contribution in [3.05, 3.63) is 54.7 Å². The summed E-state index contributed by atoms with van der Waals surface area (Å²) in [6.45, 7) is 1.58. The van der Waals surface area contributed by atoms with E-state index in [1.54, 1.807) is 36.5 Å². The van der Waals surface area contributed by atoms with Gasteiger partial charge in [0.05, 0.1) is 22.0 Å². The lowest BCUT2D eigenvalue weighted by atomic mass is 9.88. The number of benzene rings is 2. The number of sulfonamides is 1. The van der Waals surface area contributed by atoms with E-state index in [1.807, 2.05) is 6.07 Å². The number of hydrogen-bond donors (Lipinski definition) is 3. The maximum absolute atomic E-state index is 13.2. The largest absolute Gasteiger partial charge is 0.491 e. The number of aromatic amines is 1. The molecule has 1 spiro atoms. The fraction of sp³-hybridized carbons (Fsp3) is 0.462. The zero-order chi connectivity index (χ0) is 27.0. The van der Waals surface area contributed by atoms with Gasteiger partial charge in [0.2, 0.25) is 10.0 Å². The van der Waals surface area contributed by atoms with Crippen LogP contribution in [0.2, 0.25) is 0 Å². The Morgan fingerprint density at radius 1 is 1.13 bits per heavy atom. The Kier molecular flexibility index (Phi) is 7.55. The van der Waals surface area contributed by atoms with E-state index in [1.165, 1.54) is 16.4 Å². The van der Waals surface area contributed by atoms with Crippen LogP contribution in [0.25, 0.3) is 10.9 Å². The van der Waals surface area contributed by atoms with Crippen LogP contribution in [0.1, 0.15) is 19.3 Å². The molecule has 0 bridgehead atoms. The van der Waals surface area contributed by atoms with Gasteiger partial charge in [0.1, 0.15) is 18.5 Å². The SMILES string of the molecule is CS(=O)(=O)c1cccc(OC[C@@H](O)CNC2COC3(CCN(S(=O)(=O)c4ccc5[nH]ccc5c4)CC3)C2)c1. The topological polar surface area (TPSA) is 138 Å². The zero-order valence-electron chi connectivity index (χ0n) is 21.2. The molecule has 0 saturated carbocycles. The molecule has 38 heavy (non-hydrogen) atoms. The van der Waals surface area contributed by atoms with Crippen molar-refractivity contribution >= 4 is 30.8 Å². The summed E-state index contributed by atoms with van der Waals surface area (Å²) in [5.41, 5.74) is 0.527. The second-order valence-electron chi connectivity index (χ2n) is 10.1. The highest BCUT2D eigenvalue weighted by Crippen LogP contribution is 2.37. The van der Waals surface area contributed by atoms with Crippen LogP contribution in [-0.4, -0.2) is 88.1 Å². The third-order valence-corrected chi connectivity index (χ3v) is 10.3. The molecule has 0 radical (unpaired) electrons. The van der Waals surface area contributed by atoms with E-state index in [9.17, 15) is 21.9 Å². The van der Waals surface area contributed by atoms with E-state index in [0.29, 0.717) is 43.2 Å². The summed E-state index contributed by atoms with van der Waals surface area (Å²) in [6, 6.07) is 13.2. The Morgan fingerprint density at radius 3 is 2.68 bits per heavy atom. The molecule has 1 unspecified atom stereocenters. The predicted molar refractivity (Wildman–Crippen MR) is 142 cm³/mol. The van der Waals surface area contributed by atoms with Crippen molar-refractivity contribution in [2.75, 3.05) is 39.1 Å². The molecular formula is C26H33N3O7S2. The van der Waals surface area contributed by atoms with E-state index in [2.05, 4.69) is 10.3 Å². The highest BCUT2D eigenvalue weighted by Gasteiger charge is 2.44. The van der Waals surface area contributed by atoms with Crippen molar-refractivity contribution in [1.82, 2.24) is 14.6 Å². The lowest BCUT2D eigenvalue weighted by Gasteiger charge is -2.38. The van der Waals surface area contributed by atoms with Crippen LogP contribution in [0.4, 0.5) is 0 Å². The number of fused-ring (bicyclic) bond motifs is 1. The molecule has 2 saturated heterocycles. The number of ether oxygens (including phenoxy) is 2. The first-order valence-electron chi connectivity index (χ1n) is 12.6. The number of sulfone groups is 1. The number of H-pyrrole nitrogens is 1. The van der Waals surface area contributed by atoms with E-state index in [0.717, 1.165) is 23.6 Å². The summed E-state index contributed by atoms with van der Waals surface area (Å²) in [6.07, 6.45) is 4.09. The second kappa shape index (κ2) is 10.6. The molecule has 3 aromatic rings. The van der Waals surface area contributed by atoms with Crippen molar-refractivity contribution in [2.24, 2.45) is 0 Å². The van der Waals surface area contributed by atoms with E-state index in [4.69, 9.17) is 9.47 Å². The van der Waals surface area contributed by atoms with Gasteiger partial charge < -0.3 is 24.9 Å². The molecule has 3 heterocycles. The molecule has 2 aliphatic rings. The van der Waals surface area contributed by atoms with Crippen LogP contribution < -0.4 is 10.1 Å². The Balaban J connectivity index is 1.09. The minimum absolute atomic E-state index is 0.0142. The van der Waals surface area contributed by atoms with Crippen molar-refractivity contribution in [3.8, 4) is 5.75 Å². The summed E-state index contributed by atoms with van der Waals surface area (Å²) >= 11 is 0. The molecule has 206 valence electrons. The Labute approximate surface area is 222 Å². The average Bonchev–Trinajstić information content (AvgIpc) is 3.53. The Hall–Kier alpha value is -2.48.